The van der Waals surface area contributed by atoms with E-state index in [4.69, 9.17) is 0 Å². The minimum absolute atomic E-state index is 0.253. The minimum Gasteiger partial charge on any atom is -0.304 e. The zero-order chi connectivity index (χ0) is 15.2. The summed E-state index contributed by atoms with van der Waals surface area (Å²) in [6.45, 7) is 0. The molecule has 5 nitrogen and oxygen atoms in total. The summed E-state index contributed by atoms with van der Waals surface area (Å²) in [6.07, 6.45) is 1.49. The summed E-state index contributed by atoms with van der Waals surface area (Å²) in [5, 5.41) is 2.35. The van der Waals surface area contributed by atoms with Crippen LogP contribution in [0.15, 0.2) is 54.7 Å². The second-order valence-corrected chi connectivity index (χ2v) is 5.04. The number of alkyl halides is 1. The predicted molar refractivity (Wildman–Crippen MR) is 81.4 cm³/mol. The lowest BCUT2D eigenvalue weighted by Gasteiger charge is -2.08. The Morgan fingerprint density at radius 3 is 2.29 bits per heavy atom. The Balaban J connectivity index is 2.05. The lowest BCUT2D eigenvalue weighted by molar-refractivity contribution is -0.133. The molecule has 0 aliphatic carbocycles. The highest BCUT2D eigenvalue weighted by atomic mass is 79.9. The van der Waals surface area contributed by atoms with Gasteiger partial charge >= 0.3 is 0 Å². The first kappa shape index (κ1) is 15.1. The Morgan fingerprint density at radius 1 is 1.00 bits per heavy atom. The van der Waals surface area contributed by atoms with Crippen molar-refractivity contribution in [1.29, 1.82) is 0 Å². The fraction of sp³-hybridized carbons (Fsp3) is 0.0667. The van der Waals surface area contributed by atoms with E-state index in [1.54, 1.807) is 48.5 Å². The van der Waals surface area contributed by atoms with Crippen LogP contribution in [0.1, 0.15) is 10.4 Å². The van der Waals surface area contributed by atoms with Gasteiger partial charge in [-0.05, 0) is 12.1 Å². The van der Waals surface area contributed by atoms with E-state index < -0.39 is 22.3 Å². The zero-order valence-electron chi connectivity index (χ0n) is 10.8. The smallest absolute Gasteiger partial charge is 0.294 e. The topological polar surface area (TPSA) is 76.1 Å². The van der Waals surface area contributed by atoms with Gasteiger partial charge in [-0.1, -0.05) is 52.3 Å². The molecule has 0 spiro atoms. The number of nitrogens with zero attached hydrogens (tertiary/aromatic N) is 1. The summed E-state index contributed by atoms with van der Waals surface area (Å²) in [4.78, 5) is 38.5. The first-order chi connectivity index (χ1) is 10.1. The van der Waals surface area contributed by atoms with E-state index in [1.165, 1.54) is 6.20 Å². The van der Waals surface area contributed by atoms with Crippen molar-refractivity contribution in [2.45, 2.75) is 4.83 Å². The fourth-order valence-electron chi connectivity index (χ4n) is 1.60. The minimum atomic E-state index is -1.22. The molecule has 6 heteroatoms. The van der Waals surface area contributed by atoms with Gasteiger partial charge in [0.1, 0.15) is 10.6 Å². The number of nitrogens with one attached hydrogen (secondary N) is 1. The first-order valence-electron chi connectivity index (χ1n) is 6.09. The van der Waals surface area contributed by atoms with Gasteiger partial charge in [0.05, 0.1) is 0 Å². The van der Waals surface area contributed by atoms with E-state index in [1.807, 2.05) is 0 Å². The normalized spacial score (nSPS) is 11.5. The molecule has 0 aliphatic rings. The molecule has 106 valence electrons. The molecule has 1 aromatic carbocycles. The fourth-order valence-corrected chi connectivity index (χ4v) is 2.07. The van der Waals surface area contributed by atoms with Crippen LogP contribution in [0.5, 0.6) is 0 Å². The van der Waals surface area contributed by atoms with E-state index in [-0.39, 0.29) is 5.82 Å². The Hall–Kier alpha value is -2.34. The van der Waals surface area contributed by atoms with E-state index in [0.717, 1.165) is 0 Å². The number of amides is 1. The lowest BCUT2D eigenvalue weighted by atomic mass is 10.1. The van der Waals surface area contributed by atoms with Gasteiger partial charge in [0.2, 0.25) is 5.78 Å². The Kier molecular flexibility index (Phi) is 4.94. The molecule has 0 bridgehead atoms. The van der Waals surface area contributed by atoms with Crippen molar-refractivity contribution in [2.75, 3.05) is 5.32 Å². The van der Waals surface area contributed by atoms with Crippen molar-refractivity contribution >= 4 is 39.2 Å². The number of carbonyl (C=O) groups is 3. The molecule has 1 amide bonds. The van der Waals surface area contributed by atoms with Crippen LogP contribution in [0.4, 0.5) is 5.82 Å². The molecule has 0 fully saturated rings. The Labute approximate surface area is 129 Å². The number of ketones is 2. The average molecular weight is 347 g/mol. The number of pyridine rings is 1. The maximum Gasteiger partial charge on any atom is 0.294 e. The highest BCUT2D eigenvalue weighted by Gasteiger charge is 2.30. The summed E-state index contributed by atoms with van der Waals surface area (Å²) in [5.41, 5.74) is 0.360. The van der Waals surface area contributed by atoms with Crippen molar-refractivity contribution < 1.29 is 14.4 Å². The number of Topliss-reactive ketones (excluding diaryl/α,β-unsaturated/α-hetero) is 2. The van der Waals surface area contributed by atoms with Crippen molar-refractivity contribution in [3.63, 3.8) is 0 Å². The molecule has 1 aromatic heterocycles. The van der Waals surface area contributed by atoms with E-state index >= 15 is 0 Å². The van der Waals surface area contributed by atoms with Gasteiger partial charge in [0, 0.05) is 11.8 Å². The van der Waals surface area contributed by atoms with Crippen LogP contribution in [0, 0.1) is 0 Å². The zero-order valence-corrected chi connectivity index (χ0v) is 12.4. The highest BCUT2D eigenvalue weighted by molar-refractivity contribution is 9.10. The summed E-state index contributed by atoms with van der Waals surface area (Å²) in [7, 11) is 0. The van der Waals surface area contributed by atoms with Crippen LogP contribution in [0.25, 0.3) is 0 Å². The van der Waals surface area contributed by atoms with E-state index in [2.05, 4.69) is 26.2 Å². The molecule has 0 aliphatic heterocycles. The molecule has 1 N–H and O–H groups in total. The number of halogens is 1. The molecule has 0 saturated heterocycles. The lowest BCUT2D eigenvalue weighted by Crippen LogP contribution is -2.34. The van der Waals surface area contributed by atoms with E-state index in [0.29, 0.717) is 5.56 Å². The van der Waals surface area contributed by atoms with Crippen LogP contribution in [-0.4, -0.2) is 27.3 Å². The SMILES string of the molecule is O=C(Nc1ccccn1)C(=O)C(Br)C(=O)c1ccccc1. The summed E-state index contributed by atoms with van der Waals surface area (Å²) < 4.78 is 0. The summed E-state index contributed by atoms with van der Waals surface area (Å²) >= 11 is 2.98. The van der Waals surface area contributed by atoms with Gasteiger partial charge in [0.25, 0.3) is 5.91 Å². The Bertz CT molecular complexity index is 659. The quantitative estimate of drug-likeness (QED) is 0.390. The van der Waals surface area contributed by atoms with Gasteiger partial charge in [-0.2, -0.15) is 0 Å². The van der Waals surface area contributed by atoms with Gasteiger partial charge in [-0.3, -0.25) is 14.4 Å². The molecule has 2 aromatic rings. The summed E-state index contributed by atoms with van der Waals surface area (Å²) in [5.74, 6) is -1.96. The molecule has 1 atom stereocenters. The van der Waals surface area contributed by atoms with Crippen LogP contribution >= 0.6 is 15.9 Å². The number of anilines is 1. The second-order valence-electron chi connectivity index (χ2n) is 4.13. The molecule has 0 radical (unpaired) electrons. The first-order valence-corrected chi connectivity index (χ1v) is 7.00. The monoisotopic (exact) mass is 346 g/mol. The molecule has 1 heterocycles. The maximum absolute atomic E-state index is 12.1. The van der Waals surface area contributed by atoms with Crippen LogP contribution in [-0.2, 0) is 9.59 Å². The predicted octanol–water partition coefficient (Wildman–Crippen LogP) is 2.24. The molecular weight excluding hydrogens is 336 g/mol. The Morgan fingerprint density at radius 2 is 1.67 bits per heavy atom. The molecular formula is C15H11BrN2O3. The van der Waals surface area contributed by atoms with Crippen molar-refractivity contribution in [3.05, 3.63) is 60.3 Å². The molecule has 0 saturated carbocycles. The number of hydrogen-bond donors (Lipinski definition) is 1. The van der Waals surface area contributed by atoms with Gasteiger partial charge < -0.3 is 5.32 Å². The third-order valence-corrected chi connectivity index (χ3v) is 3.48. The highest BCUT2D eigenvalue weighted by Crippen LogP contribution is 2.12. The van der Waals surface area contributed by atoms with Crippen LogP contribution in [0.2, 0.25) is 0 Å². The van der Waals surface area contributed by atoms with Gasteiger partial charge in [-0.25, -0.2) is 4.98 Å². The van der Waals surface area contributed by atoms with Crippen LogP contribution in [0.3, 0.4) is 0 Å². The standard InChI is InChI=1S/C15H11BrN2O3/c16-12(13(19)10-6-2-1-3-7-10)14(20)15(21)18-11-8-4-5-9-17-11/h1-9,12H,(H,17,18,21). The average Bonchev–Trinajstić information content (AvgIpc) is 2.54. The number of aromatic nitrogens is 1. The third kappa shape index (κ3) is 3.82. The largest absolute Gasteiger partial charge is 0.304 e. The number of rotatable bonds is 5. The second kappa shape index (κ2) is 6.90. The van der Waals surface area contributed by atoms with Crippen molar-refractivity contribution in [1.82, 2.24) is 4.98 Å². The molecule has 2 rings (SSSR count). The van der Waals surface area contributed by atoms with E-state index in [9.17, 15) is 14.4 Å². The molecule has 21 heavy (non-hydrogen) atoms. The number of benzene rings is 1. The van der Waals surface area contributed by atoms with Crippen LogP contribution < -0.4 is 5.32 Å². The molecule has 1 unspecified atom stereocenters. The number of carbonyl (C=O) groups excluding carboxylic acids is 3. The summed E-state index contributed by atoms with van der Waals surface area (Å²) in [6, 6.07) is 13.2. The van der Waals surface area contributed by atoms with Gasteiger partial charge in [-0.15, -0.1) is 0 Å². The van der Waals surface area contributed by atoms with Crippen molar-refractivity contribution in [3.8, 4) is 0 Å². The maximum atomic E-state index is 12.1. The van der Waals surface area contributed by atoms with Crippen molar-refractivity contribution in [2.24, 2.45) is 0 Å². The third-order valence-electron chi connectivity index (χ3n) is 2.65. The number of hydrogen-bond acceptors (Lipinski definition) is 4. The van der Waals surface area contributed by atoms with Gasteiger partial charge in [0.15, 0.2) is 5.78 Å².